The zero-order chi connectivity index (χ0) is 9.68. The van der Waals surface area contributed by atoms with E-state index < -0.39 is 0 Å². The molecule has 0 aliphatic heterocycles. The van der Waals surface area contributed by atoms with Crippen molar-refractivity contribution in [1.29, 1.82) is 0 Å². The first-order valence-electron chi connectivity index (χ1n) is 4.04. The van der Waals surface area contributed by atoms with Crippen LogP contribution >= 0.6 is 0 Å². The first-order valence-corrected chi connectivity index (χ1v) is 4.04. The number of rotatable bonds is 4. The van der Waals surface area contributed by atoms with Crippen LogP contribution in [0.3, 0.4) is 0 Å². The van der Waals surface area contributed by atoms with Gasteiger partial charge < -0.3 is 10.5 Å². The lowest BCUT2D eigenvalue weighted by Crippen LogP contribution is -2.15. The van der Waals surface area contributed by atoms with Crippen LogP contribution in [0.4, 0.5) is 0 Å². The number of carbonyl (C=O) groups is 2. The Bertz CT molecular complexity index is 320. The van der Waals surface area contributed by atoms with Gasteiger partial charge in [0.05, 0.1) is 6.54 Å². The Morgan fingerprint density at radius 2 is 2.08 bits per heavy atom. The summed E-state index contributed by atoms with van der Waals surface area (Å²) in [7, 11) is 0. The van der Waals surface area contributed by atoms with Crippen LogP contribution in [0.2, 0.25) is 0 Å². The molecule has 0 aromatic heterocycles. The second-order valence-electron chi connectivity index (χ2n) is 2.66. The molecule has 1 aromatic carbocycles. The third-order valence-corrected chi connectivity index (χ3v) is 1.81. The van der Waals surface area contributed by atoms with Gasteiger partial charge in [-0.05, 0) is 5.56 Å². The highest BCUT2D eigenvalue weighted by Crippen LogP contribution is 2.08. The van der Waals surface area contributed by atoms with Gasteiger partial charge in [-0.2, -0.15) is 0 Å². The SMILES string of the molecule is NCC(=O)c1ccccc1CC=O. The standard InChI is InChI=1S/C10H11NO2/c11-7-10(13)9-4-2-1-3-8(9)5-6-12/h1-4,6H,5,7,11H2. The first kappa shape index (κ1) is 9.61. The van der Waals surface area contributed by atoms with Crippen LogP contribution in [-0.4, -0.2) is 18.6 Å². The summed E-state index contributed by atoms with van der Waals surface area (Å²) < 4.78 is 0. The minimum absolute atomic E-state index is 0.0180. The van der Waals surface area contributed by atoms with Crippen molar-refractivity contribution in [3.8, 4) is 0 Å². The van der Waals surface area contributed by atoms with Crippen molar-refractivity contribution in [2.45, 2.75) is 6.42 Å². The van der Waals surface area contributed by atoms with Crippen molar-refractivity contribution in [3.63, 3.8) is 0 Å². The molecule has 0 amide bonds. The lowest BCUT2D eigenvalue weighted by molar-refractivity contribution is -0.107. The Hall–Kier alpha value is -1.48. The Morgan fingerprint density at radius 3 is 2.69 bits per heavy atom. The van der Waals surface area contributed by atoms with E-state index in [2.05, 4.69) is 0 Å². The Labute approximate surface area is 76.6 Å². The van der Waals surface area contributed by atoms with Crippen LogP contribution in [0.5, 0.6) is 0 Å². The van der Waals surface area contributed by atoms with Crippen LogP contribution in [-0.2, 0) is 11.2 Å². The quantitative estimate of drug-likeness (QED) is 0.540. The zero-order valence-corrected chi connectivity index (χ0v) is 7.19. The molecule has 3 nitrogen and oxygen atoms in total. The fourth-order valence-corrected chi connectivity index (χ4v) is 1.17. The van der Waals surface area contributed by atoms with Crippen LogP contribution in [0, 0.1) is 0 Å². The van der Waals surface area contributed by atoms with E-state index in [1.54, 1.807) is 24.3 Å². The molecule has 0 aliphatic carbocycles. The number of carbonyl (C=O) groups excluding carboxylic acids is 2. The molecule has 0 fully saturated rings. The predicted octanol–water partition coefficient (Wildman–Crippen LogP) is 0.569. The van der Waals surface area contributed by atoms with Gasteiger partial charge in [0.1, 0.15) is 6.29 Å². The van der Waals surface area contributed by atoms with Gasteiger partial charge in [0, 0.05) is 12.0 Å². The number of hydrogen-bond acceptors (Lipinski definition) is 3. The maximum atomic E-state index is 11.3. The van der Waals surface area contributed by atoms with Crippen molar-refractivity contribution in [2.24, 2.45) is 5.73 Å². The average molecular weight is 177 g/mol. The number of hydrogen-bond donors (Lipinski definition) is 1. The molecule has 0 heterocycles. The molecule has 13 heavy (non-hydrogen) atoms. The topological polar surface area (TPSA) is 60.2 Å². The highest BCUT2D eigenvalue weighted by molar-refractivity contribution is 5.99. The monoisotopic (exact) mass is 177 g/mol. The average Bonchev–Trinajstić information content (AvgIpc) is 2.18. The summed E-state index contributed by atoms with van der Waals surface area (Å²) in [5.74, 6) is -0.127. The van der Waals surface area contributed by atoms with Gasteiger partial charge in [-0.25, -0.2) is 0 Å². The molecule has 0 atom stereocenters. The van der Waals surface area contributed by atoms with Crippen LogP contribution in [0.15, 0.2) is 24.3 Å². The van der Waals surface area contributed by atoms with E-state index in [-0.39, 0.29) is 18.7 Å². The number of ketones is 1. The van der Waals surface area contributed by atoms with Crippen molar-refractivity contribution in [3.05, 3.63) is 35.4 Å². The van der Waals surface area contributed by atoms with E-state index in [0.717, 1.165) is 11.8 Å². The molecule has 0 unspecified atom stereocenters. The molecular weight excluding hydrogens is 166 g/mol. The fourth-order valence-electron chi connectivity index (χ4n) is 1.17. The summed E-state index contributed by atoms with van der Waals surface area (Å²) in [4.78, 5) is 21.6. The summed E-state index contributed by atoms with van der Waals surface area (Å²) in [6, 6.07) is 7.01. The lowest BCUT2D eigenvalue weighted by atomic mass is 10.0. The molecular formula is C10H11NO2. The molecule has 0 spiro atoms. The van der Waals surface area contributed by atoms with Crippen molar-refractivity contribution in [1.82, 2.24) is 0 Å². The molecule has 1 rings (SSSR count). The fraction of sp³-hybridized carbons (Fsp3) is 0.200. The summed E-state index contributed by atoms with van der Waals surface area (Å²) >= 11 is 0. The minimum Gasteiger partial charge on any atom is -0.324 e. The summed E-state index contributed by atoms with van der Waals surface area (Å²) in [6.45, 7) is -0.0180. The molecule has 1 aromatic rings. The van der Waals surface area contributed by atoms with E-state index in [1.807, 2.05) is 0 Å². The number of Topliss-reactive ketones (excluding diaryl/α,β-unsaturated/α-hetero) is 1. The summed E-state index contributed by atoms with van der Waals surface area (Å²) in [5.41, 5.74) is 6.53. The molecule has 0 radical (unpaired) electrons. The number of nitrogens with two attached hydrogens (primary N) is 1. The third kappa shape index (κ3) is 2.23. The lowest BCUT2D eigenvalue weighted by Gasteiger charge is -2.03. The van der Waals surface area contributed by atoms with Gasteiger partial charge in [-0.1, -0.05) is 24.3 Å². The largest absolute Gasteiger partial charge is 0.324 e. The van der Waals surface area contributed by atoms with Crippen LogP contribution in [0.1, 0.15) is 15.9 Å². The van der Waals surface area contributed by atoms with Crippen LogP contribution < -0.4 is 5.73 Å². The Balaban J connectivity index is 3.03. The molecule has 2 N–H and O–H groups in total. The Morgan fingerprint density at radius 1 is 1.38 bits per heavy atom. The maximum absolute atomic E-state index is 11.3. The van der Waals surface area contributed by atoms with Crippen LogP contribution in [0.25, 0.3) is 0 Å². The molecule has 0 aliphatic rings. The van der Waals surface area contributed by atoms with E-state index in [4.69, 9.17) is 5.73 Å². The second-order valence-corrected chi connectivity index (χ2v) is 2.66. The molecule has 0 bridgehead atoms. The number of benzene rings is 1. The highest BCUT2D eigenvalue weighted by Gasteiger charge is 2.07. The van der Waals surface area contributed by atoms with E-state index >= 15 is 0 Å². The highest BCUT2D eigenvalue weighted by atomic mass is 16.1. The Kier molecular flexibility index (Phi) is 3.34. The molecule has 0 saturated carbocycles. The van der Waals surface area contributed by atoms with E-state index in [1.165, 1.54) is 0 Å². The smallest absolute Gasteiger partial charge is 0.176 e. The zero-order valence-electron chi connectivity index (χ0n) is 7.19. The second kappa shape index (κ2) is 4.52. The van der Waals surface area contributed by atoms with Gasteiger partial charge in [0.25, 0.3) is 0 Å². The van der Waals surface area contributed by atoms with Gasteiger partial charge >= 0.3 is 0 Å². The van der Waals surface area contributed by atoms with E-state index in [0.29, 0.717) is 5.56 Å². The molecule has 0 saturated heterocycles. The van der Waals surface area contributed by atoms with Crippen molar-refractivity contribution >= 4 is 12.1 Å². The summed E-state index contributed by atoms with van der Waals surface area (Å²) in [6.07, 6.45) is 1.05. The summed E-state index contributed by atoms with van der Waals surface area (Å²) in [5, 5.41) is 0. The molecule has 68 valence electrons. The van der Waals surface area contributed by atoms with Crippen molar-refractivity contribution < 1.29 is 9.59 Å². The van der Waals surface area contributed by atoms with Gasteiger partial charge in [-0.15, -0.1) is 0 Å². The number of aldehydes is 1. The molecule has 3 heteroatoms. The normalized spacial score (nSPS) is 9.62. The van der Waals surface area contributed by atoms with Gasteiger partial charge in [0.15, 0.2) is 5.78 Å². The third-order valence-electron chi connectivity index (χ3n) is 1.81. The predicted molar refractivity (Wildman–Crippen MR) is 49.6 cm³/mol. The van der Waals surface area contributed by atoms with Gasteiger partial charge in [0.2, 0.25) is 0 Å². The van der Waals surface area contributed by atoms with E-state index in [9.17, 15) is 9.59 Å². The van der Waals surface area contributed by atoms with Gasteiger partial charge in [-0.3, -0.25) is 4.79 Å². The van der Waals surface area contributed by atoms with Crippen molar-refractivity contribution in [2.75, 3.05) is 6.54 Å². The maximum Gasteiger partial charge on any atom is 0.176 e. The first-order chi connectivity index (χ1) is 6.29. The minimum atomic E-state index is -0.127.